The second-order valence-electron chi connectivity index (χ2n) is 4.99. The predicted octanol–water partition coefficient (Wildman–Crippen LogP) is 3.04. The molecule has 2 aliphatic heterocycles. The molecule has 2 heterocycles. The van der Waals surface area contributed by atoms with Crippen molar-refractivity contribution < 1.29 is 9.18 Å². The Bertz CT molecular complexity index is 428. The maximum absolute atomic E-state index is 12.9. The number of rotatable bonds is 1. The Morgan fingerprint density at radius 1 is 1.12 bits per heavy atom. The van der Waals surface area contributed by atoms with Gasteiger partial charge in [0.05, 0.1) is 6.04 Å². The van der Waals surface area contributed by atoms with Crippen molar-refractivity contribution in [2.24, 2.45) is 0 Å². The Morgan fingerprint density at radius 3 is 2.65 bits per heavy atom. The molecule has 2 aliphatic rings. The summed E-state index contributed by atoms with van der Waals surface area (Å²) in [7, 11) is 0. The van der Waals surface area contributed by atoms with Gasteiger partial charge in [-0.05, 0) is 43.4 Å². The van der Waals surface area contributed by atoms with Crippen LogP contribution in [0.15, 0.2) is 24.3 Å². The van der Waals surface area contributed by atoms with Crippen molar-refractivity contribution in [2.75, 3.05) is 0 Å². The molecule has 0 bridgehead atoms. The summed E-state index contributed by atoms with van der Waals surface area (Å²) in [6.07, 6.45) is 4.98. The van der Waals surface area contributed by atoms with Gasteiger partial charge in [-0.25, -0.2) is 4.39 Å². The molecular formula is C14H16FNO. The summed E-state index contributed by atoms with van der Waals surface area (Å²) in [6.45, 7) is 0. The Morgan fingerprint density at radius 2 is 1.88 bits per heavy atom. The fourth-order valence-electron chi connectivity index (χ4n) is 3.17. The van der Waals surface area contributed by atoms with E-state index < -0.39 is 0 Å². The first-order valence-corrected chi connectivity index (χ1v) is 6.32. The minimum absolute atomic E-state index is 0.171. The summed E-state index contributed by atoms with van der Waals surface area (Å²) < 4.78 is 12.9. The van der Waals surface area contributed by atoms with Crippen molar-refractivity contribution in [3.8, 4) is 0 Å². The molecule has 3 heteroatoms. The van der Waals surface area contributed by atoms with Crippen LogP contribution in [0.3, 0.4) is 0 Å². The predicted molar refractivity (Wildman–Crippen MR) is 62.9 cm³/mol. The third-order valence-corrected chi connectivity index (χ3v) is 3.98. The van der Waals surface area contributed by atoms with E-state index in [9.17, 15) is 9.18 Å². The molecule has 0 aliphatic carbocycles. The lowest BCUT2D eigenvalue weighted by atomic mass is 9.92. The van der Waals surface area contributed by atoms with Crippen LogP contribution in [0.25, 0.3) is 0 Å². The number of benzene rings is 1. The molecule has 0 N–H and O–H groups in total. The molecule has 1 amide bonds. The molecule has 17 heavy (non-hydrogen) atoms. The molecule has 0 aromatic heterocycles. The van der Waals surface area contributed by atoms with Gasteiger partial charge in [0.2, 0.25) is 5.91 Å². The van der Waals surface area contributed by atoms with Crippen molar-refractivity contribution in [1.29, 1.82) is 0 Å². The Hall–Kier alpha value is -1.38. The number of piperidine rings is 1. The molecule has 0 radical (unpaired) electrons. The number of halogens is 1. The third kappa shape index (κ3) is 1.84. The van der Waals surface area contributed by atoms with Gasteiger partial charge in [0.15, 0.2) is 0 Å². The molecule has 1 aromatic carbocycles. The molecule has 2 saturated heterocycles. The second-order valence-corrected chi connectivity index (χ2v) is 4.99. The quantitative estimate of drug-likeness (QED) is 0.730. The first-order chi connectivity index (χ1) is 8.25. The van der Waals surface area contributed by atoms with Crippen LogP contribution in [-0.2, 0) is 4.79 Å². The fraction of sp³-hybridized carbons (Fsp3) is 0.500. The molecule has 2 fully saturated rings. The Labute approximate surface area is 100 Å². The molecule has 1 aromatic rings. The van der Waals surface area contributed by atoms with Crippen LogP contribution in [0.4, 0.5) is 4.39 Å². The van der Waals surface area contributed by atoms with Gasteiger partial charge in [0, 0.05) is 12.5 Å². The standard InChI is InChI=1S/C14H16FNO/c15-11-6-4-10(5-7-11)13-3-1-2-12-8-9-14(17)16(12)13/h4-7,12-13H,1-3,8-9H2. The fourth-order valence-corrected chi connectivity index (χ4v) is 3.17. The maximum Gasteiger partial charge on any atom is 0.223 e. The van der Waals surface area contributed by atoms with E-state index in [-0.39, 0.29) is 17.8 Å². The Balaban J connectivity index is 1.90. The average molecular weight is 233 g/mol. The van der Waals surface area contributed by atoms with Crippen LogP contribution in [0, 0.1) is 5.82 Å². The average Bonchev–Trinajstić information content (AvgIpc) is 2.73. The van der Waals surface area contributed by atoms with E-state index in [1.165, 1.54) is 12.1 Å². The molecule has 0 spiro atoms. The molecule has 0 saturated carbocycles. The van der Waals surface area contributed by atoms with Gasteiger partial charge >= 0.3 is 0 Å². The number of hydrogen-bond donors (Lipinski definition) is 0. The number of nitrogens with zero attached hydrogens (tertiary/aromatic N) is 1. The van der Waals surface area contributed by atoms with E-state index in [0.717, 1.165) is 31.2 Å². The van der Waals surface area contributed by atoms with Crippen LogP contribution >= 0.6 is 0 Å². The number of hydrogen-bond acceptors (Lipinski definition) is 1. The van der Waals surface area contributed by atoms with Crippen LogP contribution in [0.2, 0.25) is 0 Å². The lowest BCUT2D eigenvalue weighted by Gasteiger charge is -2.38. The first-order valence-electron chi connectivity index (χ1n) is 6.32. The summed E-state index contributed by atoms with van der Waals surface area (Å²) >= 11 is 0. The Kier molecular flexibility index (Phi) is 2.61. The normalized spacial score (nSPS) is 28.3. The molecule has 2 nitrogen and oxygen atoms in total. The van der Waals surface area contributed by atoms with E-state index >= 15 is 0 Å². The van der Waals surface area contributed by atoms with Gasteiger partial charge < -0.3 is 4.90 Å². The summed E-state index contributed by atoms with van der Waals surface area (Å²) in [5.74, 6) is 0.0536. The molecular weight excluding hydrogens is 217 g/mol. The largest absolute Gasteiger partial charge is 0.333 e. The van der Waals surface area contributed by atoms with Gasteiger partial charge in [0.25, 0.3) is 0 Å². The molecule has 90 valence electrons. The summed E-state index contributed by atoms with van der Waals surface area (Å²) in [5.41, 5.74) is 1.08. The highest BCUT2D eigenvalue weighted by Crippen LogP contribution is 2.39. The second kappa shape index (κ2) is 4.13. The van der Waals surface area contributed by atoms with Crippen molar-refractivity contribution in [3.05, 3.63) is 35.6 Å². The number of amides is 1. The first kappa shape index (κ1) is 10.8. The summed E-state index contributed by atoms with van der Waals surface area (Å²) in [4.78, 5) is 13.9. The van der Waals surface area contributed by atoms with E-state index in [2.05, 4.69) is 0 Å². The number of fused-ring (bicyclic) bond motifs is 1. The SMILES string of the molecule is O=C1CCC2CCCC(c3ccc(F)cc3)N12. The highest BCUT2D eigenvalue weighted by molar-refractivity contribution is 5.79. The van der Waals surface area contributed by atoms with Gasteiger partial charge in [0.1, 0.15) is 5.82 Å². The molecule has 2 unspecified atom stereocenters. The third-order valence-electron chi connectivity index (χ3n) is 3.98. The minimum Gasteiger partial charge on any atom is -0.333 e. The van der Waals surface area contributed by atoms with Crippen LogP contribution in [-0.4, -0.2) is 16.8 Å². The van der Waals surface area contributed by atoms with Gasteiger partial charge in [-0.15, -0.1) is 0 Å². The van der Waals surface area contributed by atoms with Gasteiger partial charge in [-0.3, -0.25) is 4.79 Å². The number of carbonyl (C=O) groups excluding carboxylic acids is 1. The van der Waals surface area contributed by atoms with E-state index in [1.807, 2.05) is 17.0 Å². The smallest absolute Gasteiger partial charge is 0.223 e. The minimum atomic E-state index is -0.214. The highest BCUT2D eigenvalue weighted by Gasteiger charge is 2.39. The van der Waals surface area contributed by atoms with Gasteiger partial charge in [-0.2, -0.15) is 0 Å². The highest BCUT2D eigenvalue weighted by atomic mass is 19.1. The topological polar surface area (TPSA) is 20.3 Å². The zero-order valence-electron chi connectivity index (χ0n) is 9.73. The van der Waals surface area contributed by atoms with Crippen LogP contribution in [0.1, 0.15) is 43.7 Å². The van der Waals surface area contributed by atoms with Crippen LogP contribution in [0.5, 0.6) is 0 Å². The van der Waals surface area contributed by atoms with E-state index in [4.69, 9.17) is 0 Å². The lowest BCUT2D eigenvalue weighted by molar-refractivity contribution is -0.132. The van der Waals surface area contributed by atoms with Crippen molar-refractivity contribution in [1.82, 2.24) is 4.90 Å². The zero-order valence-corrected chi connectivity index (χ0v) is 9.73. The molecule has 3 rings (SSSR count). The van der Waals surface area contributed by atoms with Gasteiger partial charge in [-0.1, -0.05) is 12.1 Å². The lowest BCUT2D eigenvalue weighted by Crippen LogP contribution is -2.39. The van der Waals surface area contributed by atoms with E-state index in [1.54, 1.807) is 0 Å². The monoisotopic (exact) mass is 233 g/mol. The zero-order chi connectivity index (χ0) is 11.8. The van der Waals surface area contributed by atoms with Crippen molar-refractivity contribution >= 4 is 5.91 Å². The van der Waals surface area contributed by atoms with E-state index in [0.29, 0.717) is 12.5 Å². The molecule has 2 atom stereocenters. The maximum atomic E-state index is 12.9. The number of carbonyl (C=O) groups is 1. The van der Waals surface area contributed by atoms with Crippen molar-refractivity contribution in [3.63, 3.8) is 0 Å². The van der Waals surface area contributed by atoms with Crippen molar-refractivity contribution in [2.45, 2.75) is 44.2 Å². The van der Waals surface area contributed by atoms with Crippen LogP contribution < -0.4 is 0 Å². The summed E-state index contributed by atoms with van der Waals surface area (Å²) in [5, 5.41) is 0. The summed E-state index contributed by atoms with van der Waals surface area (Å²) in [6, 6.07) is 7.19.